The summed E-state index contributed by atoms with van der Waals surface area (Å²) in [7, 11) is 1.82. The molecule has 7 nitrogen and oxygen atoms in total. The third kappa shape index (κ3) is 3.22. The molecule has 21 heavy (non-hydrogen) atoms. The molecule has 0 radical (unpaired) electrons. The molecule has 0 aliphatic carbocycles. The molecule has 0 fully saturated rings. The first-order valence-electron chi connectivity index (χ1n) is 6.33. The number of aromatic nitrogens is 7. The molecule has 106 valence electrons. The van der Waals surface area contributed by atoms with E-state index in [2.05, 4.69) is 30.5 Å². The van der Waals surface area contributed by atoms with Crippen molar-refractivity contribution in [3.8, 4) is 11.5 Å². The van der Waals surface area contributed by atoms with Crippen LogP contribution in [0.4, 0.5) is 0 Å². The van der Waals surface area contributed by atoms with Gasteiger partial charge in [0.1, 0.15) is 10.7 Å². The van der Waals surface area contributed by atoms with Gasteiger partial charge in [-0.15, -0.1) is 5.10 Å². The van der Waals surface area contributed by atoms with Gasteiger partial charge in [-0.2, -0.15) is 0 Å². The first-order chi connectivity index (χ1) is 10.2. The van der Waals surface area contributed by atoms with Crippen LogP contribution in [0, 0.1) is 6.92 Å². The summed E-state index contributed by atoms with van der Waals surface area (Å²) in [5, 5.41) is 12.3. The van der Waals surface area contributed by atoms with Crippen molar-refractivity contribution in [3.63, 3.8) is 0 Å². The molecule has 0 atom stereocenters. The highest BCUT2D eigenvalue weighted by Gasteiger charge is 2.08. The van der Waals surface area contributed by atoms with Crippen LogP contribution in [-0.4, -0.2) is 35.2 Å². The minimum absolute atomic E-state index is 0.634. The summed E-state index contributed by atoms with van der Waals surface area (Å²) < 4.78 is 1.65. The van der Waals surface area contributed by atoms with E-state index in [0.29, 0.717) is 11.6 Å². The summed E-state index contributed by atoms with van der Waals surface area (Å²) in [5.41, 5.74) is 1.67. The van der Waals surface area contributed by atoms with Crippen LogP contribution in [0.5, 0.6) is 0 Å². The maximum atomic E-state index is 4.54. The number of tetrazole rings is 1. The van der Waals surface area contributed by atoms with Crippen LogP contribution in [0.2, 0.25) is 0 Å². The Labute approximate surface area is 125 Å². The van der Waals surface area contributed by atoms with Gasteiger partial charge in [0.15, 0.2) is 11.6 Å². The number of thioether (sulfide) groups is 1. The molecule has 8 heteroatoms. The van der Waals surface area contributed by atoms with E-state index >= 15 is 0 Å². The second kappa shape index (κ2) is 5.96. The average molecular weight is 299 g/mol. The van der Waals surface area contributed by atoms with E-state index in [9.17, 15) is 0 Å². The quantitative estimate of drug-likeness (QED) is 0.535. The smallest absolute Gasteiger partial charge is 0.179 e. The molecule has 0 saturated carbocycles. The molecular weight excluding hydrogens is 286 g/mol. The van der Waals surface area contributed by atoms with Crippen molar-refractivity contribution in [3.05, 3.63) is 42.0 Å². The maximum absolute atomic E-state index is 4.54. The van der Waals surface area contributed by atoms with Gasteiger partial charge < -0.3 is 0 Å². The van der Waals surface area contributed by atoms with E-state index in [1.807, 2.05) is 38.2 Å². The van der Waals surface area contributed by atoms with Crippen molar-refractivity contribution in [2.75, 3.05) is 0 Å². The monoisotopic (exact) mass is 299 g/mol. The van der Waals surface area contributed by atoms with Crippen LogP contribution in [0.15, 0.2) is 35.5 Å². The molecule has 0 aliphatic heterocycles. The fourth-order valence-corrected chi connectivity index (χ4v) is 2.66. The highest BCUT2D eigenvalue weighted by atomic mass is 32.2. The predicted octanol–water partition coefficient (Wildman–Crippen LogP) is 1.66. The number of rotatable bonds is 4. The normalized spacial score (nSPS) is 10.8. The van der Waals surface area contributed by atoms with E-state index in [0.717, 1.165) is 22.2 Å². The van der Waals surface area contributed by atoms with Crippen molar-refractivity contribution in [1.82, 2.24) is 35.2 Å². The third-order valence-corrected chi connectivity index (χ3v) is 3.69. The molecule has 3 rings (SSSR count). The van der Waals surface area contributed by atoms with Gasteiger partial charge in [-0.1, -0.05) is 17.8 Å². The van der Waals surface area contributed by atoms with Gasteiger partial charge in [-0.05, 0) is 35.5 Å². The summed E-state index contributed by atoms with van der Waals surface area (Å²) in [6.07, 6.45) is 1.74. The Bertz CT molecular complexity index is 741. The van der Waals surface area contributed by atoms with Gasteiger partial charge >= 0.3 is 0 Å². The fraction of sp³-hybridized carbons (Fsp3) is 0.231. The lowest BCUT2D eigenvalue weighted by Crippen LogP contribution is -1.99. The molecule has 3 heterocycles. The molecule has 0 N–H and O–H groups in total. The maximum Gasteiger partial charge on any atom is 0.179 e. The van der Waals surface area contributed by atoms with E-state index in [1.54, 1.807) is 22.6 Å². The van der Waals surface area contributed by atoms with E-state index in [4.69, 9.17) is 0 Å². The fourth-order valence-electron chi connectivity index (χ4n) is 1.73. The minimum Gasteiger partial charge on any atom is -0.253 e. The van der Waals surface area contributed by atoms with Crippen molar-refractivity contribution in [1.29, 1.82) is 0 Å². The van der Waals surface area contributed by atoms with Crippen molar-refractivity contribution >= 4 is 11.8 Å². The lowest BCUT2D eigenvalue weighted by molar-refractivity contribution is 0.693. The Hall–Kier alpha value is -2.35. The molecule has 0 aliphatic rings. The molecule has 3 aromatic rings. The molecular formula is C13H13N7S. The van der Waals surface area contributed by atoms with E-state index in [-0.39, 0.29) is 0 Å². The Balaban J connectivity index is 1.83. The van der Waals surface area contributed by atoms with Crippen LogP contribution in [0.25, 0.3) is 11.5 Å². The number of hydrogen-bond donors (Lipinski definition) is 0. The van der Waals surface area contributed by atoms with Crippen molar-refractivity contribution in [2.45, 2.75) is 17.7 Å². The molecule has 0 amide bonds. The highest BCUT2D eigenvalue weighted by molar-refractivity contribution is 7.98. The summed E-state index contributed by atoms with van der Waals surface area (Å²) in [5.74, 6) is 2.09. The van der Waals surface area contributed by atoms with Gasteiger partial charge in [0.05, 0.1) is 5.75 Å². The number of hydrogen-bond acceptors (Lipinski definition) is 7. The SMILES string of the molecule is Cc1cc(SCc2nnnn2C)nc(-c2ccccn2)n1. The Morgan fingerprint density at radius 1 is 1.24 bits per heavy atom. The van der Waals surface area contributed by atoms with Gasteiger partial charge in [0.2, 0.25) is 0 Å². The predicted molar refractivity (Wildman–Crippen MR) is 78.4 cm³/mol. The van der Waals surface area contributed by atoms with Crippen LogP contribution < -0.4 is 0 Å². The molecule has 3 aromatic heterocycles. The van der Waals surface area contributed by atoms with Crippen LogP contribution in [-0.2, 0) is 12.8 Å². The van der Waals surface area contributed by atoms with Crippen molar-refractivity contribution in [2.24, 2.45) is 7.05 Å². The van der Waals surface area contributed by atoms with Crippen LogP contribution >= 0.6 is 11.8 Å². The first kappa shape index (κ1) is 13.6. The lowest BCUT2D eigenvalue weighted by Gasteiger charge is -2.05. The minimum atomic E-state index is 0.634. The number of aryl methyl sites for hydroxylation is 2. The van der Waals surface area contributed by atoms with Crippen molar-refractivity contribution < 1.29 is 0 Å². The third-order valence-electron chi connectivity index (χ3n) is 2.78. The van der Waals surface area contributed by atoms with E-state index in [1.165, 1.54) is 0 Å². The Morgan fingerprint density at radius 3 is 2.86 bits per heavy atom. The topological polar surface area (TPSA) is 82.3 Å². The van der Waals surface area contributed by atoms with Gasteiger partial charge in [0.25, 0.3) is 0 Å². The van der Waals surface area contributed by atoms with Gasteiger partial charge in [-0.3, -0.25) is 4.98 Å². The van der Waals surface area contributed by atoms with Crippen LogP contribution in [0.1, 0.15) is 11.5 Å². The second-order valence-electron chi connectivity index (χ2n) is 4.39. The summed E-state index contributed by atoms with van der Waals surface area (Å²) in [4.78, 5) is 13.3. The summed E-state index contributed by atoms with van der Waals surface area (Å²) in [6, 6.07) is 7.64. The Morgan fingerprint density at radius 2 is 2.14 bits per heavy atom. The number of pyridine rings is 1. The molecule has 0 saturated heterocycles. The molecule has 0 spiro atoms. The zero-order valence-electron chi connectivity index (χ0n) is 11.6. The largest absolute Gasteiger partial charge is 0.253 e. The standard InChI is InChI=1S/C13H13N7S/c1-9-7-12(21-8-11-17-18-19-20(11)2)16-13(15-9)10-5-3-4-6-14-10/h3-7H,8H2,1-2H3. The average Bonchev–Trinajstić information content (AvgIpc) is 2.91. The molecule has 0 aromatic carbocycles. The zero-order valence-corrected chi connectivity index (χ0v) is 12.4. The lowest BCUT2D eigenvalue weighted by atomic mass is 10.3. The Kier molecular flexibility index (Phi) is 3.87. The first-order valence-corrected chi connectivity index (χ1v) is 7.32. The summed E-state index contributed by atoms with van der Waals surface area (Å²) >= 11 is 1.57. The van der Waals surface area contributed by atoms with Gasteiger partial charge in [-0.25, -0.2) is 14.6 Å². The zero-order chi connectivity index (χ0) is 14.7. The number of nitrogens with zero attached hydrogens (tertiary/aromatic N) is 7. The highest BCUT2D eigenvalue weighted by Crippen LogP contribution is 2.22. The molecule has 0 bridgehead atoms. The van der Waals surface area contributed by atoms with E-state index < -0.39 is 0 Å². The van der Waals surface area contributed by atoms with Crippen LogP contribution in [0.3, 0.4) is 0 Å². The van der Waals surface area contributed by atoms with Gasteiger partial charge in [0, 0.05) is 18.9 Å². The molecule has 0 unspecified atom stereocenters. The second-order valence-corrected chi connectivity index (χ2v) is 5.39. The summed E-state index contributed by atoms with van der Waals surface area (Å²) in [6.45, 7) is 1.95.